The first-order valence-corrected chi connectivity index (χ1v) is 11.9. The van der Waals surface area contributed by atoms with Crippen LogP contribution in [-0.2, 0) is 6.54 Å². The first-order valence-electron chi connectivity index (χ1n) is 11.9. The molecule has 172 valence electrons. The third kappa shape index (κ3) is 3.34. The van der Waals surface area contributed by atoms with Gasteiger partial charge < -0.3 is 4.98 Å². The van der Waals surface area contributed by atoms with Crippen molar-refractivity contribution in [1.82, 2.24) is 29.7 Å². The summed E-state index contributed by atoms with van der Waals surface area (Å²) < 4.78 is 1.99. The summed E-state index contributed by atoms with van der Waals surface area (Å²) in [5.74, 6) is 0.779. The average Bonchev–Trinajstić information content (AvgIpc) is 3.55. The van der Waals surface area contributed by atoms with Gasteiger partial charge >= 0.3 is 0 Å². The average molecular weight is 467 g/mol. The minimum Gasteiger partial charge on any atom is -0.337 e. The molecule has 6 heteroatoms. The van der Waals surface area contributed by atoms with Crippen molar-refractivity contribution in [3.05, 3.63) is 109 Å². The van der Waals surface area contributed by atoms with Crippen LogP contribution in [0.3, 0.4) is 0 Å². The third-order valence-corrected chi connectivity index (χ3v) is 6.60. The van der Waals surface area contributed by atoms with Crippen molar-refractivity contribution in [3.8, 4) is 22.6 Å². The maximum Gasteiger partial charge on any atom is 0.142 e. The standard InChI is InChI=1S/C30H22N6/c1-19-11-13-21(14-12-19)25-24(18-36(35-25)17-20-7-3-2-4-8-20)30-33-28-22-9-5-15-31-26(22)27-23(29(28)34-30)10-6-16-32-27/h2-16,18H,17H2,1H3,(H,33,34). The summed E-state index contributed by atoms with van der Waals surface area (Å²) in [7, 11) is 0. The summed E-state index contributed by atoms with van der Waals surface area (Å²) in [4.78, 5) is 18.0. The SMILES string of the molecule is Cc1ccc(-c2nn(Cc3ccccc3)cc2-c2nc3c4cccnc4c4ncccc4c3[nH]2)cc1. The first-order chi connectivity index (χ1) is 17.7. The van der Waals surface area contributed by atoms with Crippen molar-refractivity contribution in [2.24, 2.45) is 0 Å². The Balaban J connectivity index is 1.47. The number of pyridine rings is 2. The largest absolute Gasteiger partial charge is 0.337 e. The molecule has 0 atom stereocenters. The van der Waals surface area contributed by atoms with Crippen LogP contribution >= 0.6 is 0 Å². The molecule has 0 fully saturated rings. The highest BCUT2D eigenvalue weighted by Crippen LogP contribution is 2.36. The van der Waals surface area contributed by atoms with Gasteiger partial charge in [-0.25, -0.2) is 4.98 Å². The molecule has 0 bridgehead atoms. The molecule has 0 aliphatic carbocycles. The van der Waals surface area contributed by atoms with Gasteiger partial charge in [0, 0.05) is 34.9 Å². The lowest BCUT2D eigenvalue weighted by Crippen LogP contribution is -1.99. The predicted octanol–water partition coefficient (Wildman–Crippen LogP) is 6.55. The molecule has 4 heterocycles. The molecule has 6 nitrogen and oxygen atoms in total. The van der Waals surface area contributed by atoms with Crippen LogP contribution in [-0.4, -0.2) is 29.7 Å². The monoisotopic (exact) mass is 466 g/mol. The first kappa shape index (κ1) is 20.5. The van der Waals surface area contributed by atoms with Crippen molar-refractivity contribution in [3.63, 3.8) is 0 Å². The van der Waals surface area contributed by atoms with E-state index in [1.54, 1.807) is 6.20 Å². The van der Waals surface area contributed by atoms with Crippen LogP contribution in [0.1, 0.15) is 11.1 Å². The Morgan fingerprint density at radius 2 is 1.47 bits per heavy atom. The molecule has 36 heavy (non-hydrogen) atoms. The van der Waals surface area contributed by atoms with Crippen LogP contribution in [0.2, 0.25) is 0 Å². The summed E-state index contributed by atoms with van der Waals surface area (Å²) in [5.41, 5.74) is 8.90. The van der Waals surface area contributed by atoms with E-state index < -0.39 is 0 Å². The minimum absolute atomic E-state index is 0.680. The highest BCUT2D eigenvalue weighted by molar-refractivity contribution is 6.21. The molecular weight excluding hydrogens is 444 g/mol. The number of nitrogens with zero attached hydrogens (tertiary/aromatic N) is 5. The highest BCUT2D eigenvalue weighted by atomic mass is 15.3. The fourth-order valence-corrected chi connectivity index (χ4v) is 4.84. The second kappa shape index (κ2) is 8.13. The molecule has 4 aromatic heterocycles. The molecule has 0 aliphatic heterocycles. The number of aromatic amines is 1. The number of nitrogens with one attached hydrogen (secondary N) is 1. The Bertz CT molecular complexity index is 1790. The Labute approximate surface area is 207 Å². The molecular formula is C30H22N6. The lowest BCUT2D eigenvalue weighted by molar-refractivity contribution is 0.689. The molecule has 0 amide bonds. The van der Waals surface area contributed by atoms with Gasteiger partial charge in [-0.1, -0.05) is 60.2 Å². The number of hydrogen-bond acceptors (Lipinski definition) is 4. The van der Waals surface area contributed by atoms with Gasteiger partial charge in [-0.2, -0.15) is 5.10 Å². The lowest BCUT2D eigenvalue weighted by atomic mass is 10.1. The maximum atomic E-state index is 5.11. The van der Waals surface area contributed by atoms with Gasteiger partial charge in [0.25, 0.3) is 0 Å². The number of H-pyrrole nitrogens is 1. The fraction of sp³-hybridized carbons (Fsp3) is 0.0667. The second-order valence-electron chi connectivity index (χ2n) is 9.05. The number of aromatic nitrogens is 6. The summed E-state index contributed by atoms with van der Waals surface area (Å²) in [6, 6.07) is 26.9. The molecule has 7 aromatic rings. The van der Waals surface area contributed by atoms with E-state index in [0.717, 1.165) is 55.5 Å². The quantitative estimate of drug-likeness (QED) is 0.299. The Hall–Kier alpha value is -4.84. The maximum absolute atomic E-state index is 5.11. The van der Waals surface area contributed by atoms with Crippen LogP contribution in [0.5, 0.6) is 0 Å². The molecule has 1 N–H and O–H groups in total. The van der Waals surface area contributed by atoms with Gasteiger partial charge in [0.2, 0.25) is 0 Å². The van der Waals surface area contributed by atoms with Crippen molar-refractivity contribution < 1.29 is 0 Å². The molecule has 3 aromatic carbocycles. The summed E-state index contributed by atoms with van der Waals surface area (Å²) in [6.07, 6.45) is 5.70. The topological polar surface area (TPSA) is 72.3 Å². The fourth-order valence-electron chi connectivity index (χ4n) is 4.84. The van der Waals surface area contributed by atoms with Crippen LogP contribution in [0.25, 0.3) is 55.5 Å². The van der Waals surface area contributed by atoms with E-state index in [9.17, 15) is 0 Å². The van der Waals surface area contributed by atoms with E-state index in [1.807, 2.05) is 29.1 Å². The van der Waals surface area contributed by atoms with E-state index in [4.69, 9.17) is 10.1 Å². The lowest BCUT2D eigenvalue weighted by Gasteiger charge is -2.03. The molecule has 0 unspecified atom stereocenters. The van der Waals surface area contributed by atoms with Gasteiger partial charge in [-0.3, -0.25) is 14.6 Å². The summed E-state index contributed by atoms with van der Waals surface area (Å²) in [6.45, 7) is 2.77. The number of imidazole rings is 1. The smallest absolute Gasteiger partial charge is 0.142 e. The van der Waals surface area contributed by atoms with Crippen LogP contribution in [0.15, 0.2) is 97.5 Å². The van der Waals surface area contributed by atoms with Gasteiger partial charge in [0.05, 0.1) is 34.2 Å². The molecule has 0 radical (unpaired) electrons. The van der Waals surface area contributed by atoms with Crippen molar-refractivity contribution in [2.75, 3.05) is 0 Å². The van der Waals surface area contributed by atoms with Gasteiger partial charge in [-0.05, 0) is 36.8 Å². The van der Waals surface area contributed by atoms with Gasteiger partial charge in [0.1, 0.15) is 11.5 Å². The van der Waals surface area contributed by atoms with Crippen molar-refractivity contribution in [2.45, 2.75) is 13.5 Å². The van der Waals surface area contributed by atoms with E-state index in [0.29, 0.717) is 6.54 Å². The molecule has 0 saturated heterocycles. The Kier molecular flexibility index (Phi) is 4.64. The highest BCUT2D eigenvalue weighted by Gasteiger charge is 2.20. The number of hydrogen-bond donors (Lipinski definition) is 1. The van der Waals surface area contributed by atoms with E-state index >= 15 is 0 Å². The van der Waals surface area contributed by atoms with Crippen LogP contribution < -0.4 is 0 Å². The number of benzene rings is 3. The van der Waals surface area contributed by atoms with Gasteiger partial charge in [0.15, 0.2) is 0 Å². The van der Waals surface area contributed by atoms with E-state index in [1.165, 1.54) is 11.1 Å². The van der Waals surface area contributed by atoms with Crippen LogP contribution in [0, 0.1) is 6.92 Å². The summed E-state index contributed by atoms with van der Waals surface area (Å²) >= 11 is 0. The normalized spacial score (nSPS) is 11.6. The number of aryl methyl sites for hydroxylation is 1. The third-order valence-electron chi connectivity index (χ3n) is 6.60. The van der Waals surface area contributed by atoms with Crippen LogP contribution in [0.4, 0.5) is 0 Å². The van der Waals surface area contributed by atoms with Gasteiger partial charge in [-0.15, -0.1) is 0 Å². The second-order valence-corrected chi connectivity index (χ2v) is 9.05. The van der Waals surface area contributed by atoms with E-state index in [2.05, 4.69) is 88.7 Å². The predicted molar refractivity (Wildman–Crippen MR) is 144 cm³/mol. The van der Waals surface area contributed by atoms with E-state index in [-0.39, 0.29) is 0 Å². The molecule has 7 rings (SSSR count). The number of fused-ring (bicyclic) bond motifs is 6. The zero-order valence-electron chi connectivity index (χ0n) is 19.7. The zero-order valence-corrected chi connectivity index (χ0v) is 19.7. The Morgan fingerprint density at radius 3 is 2.25 bits per heavy atom. The molecule has 0 aliphatic rings. The zero-order chi connectivity index (χ0) is 24.1. The minimum atomic E-state index is 0.680. The van der Waals surface area contributed by atoms with Crippen molar-refractivity contribution >= 4 is 32.8 Å². The molecule has 0 saturated carbocycles. The molecule has 0 spiro atoms. The summed E-state index contributed by atoms with van der Waals surface area (Å²) in [5, 5.41) is 7.00. The van der Waals surface area contributed by atoms with Crippen molar-refractivity contribution in [1.29, 1.82) is 0 Å². The Morgan fingerprint density at radius 1 is 0.750 bits per heavy atom. The number of rotatable bonds is 4.